The molecular formula is C39H42N6O8. The highest BCUT2D eigenvalue weighted by Crippen LogP contribution is 2.37. The van der Waals surface area contributed by atoms with Crippen LogP contribution in [0.4, 0.5) is 9.59 Å². The fourth-order valence-corrected chi connectivity index (χ4v) is 7.20. The second-order valence-electron chi connectivity index (χ2n) is 13.7. The quantitative estimate of drug-likeness (QED) is 0.174. The minimum atomic E-state index is -0.721. The third-order valence-electron chi connectivity index (χ3n) is 10.00. The van der Waals surface area contributed by atoms with Crippen molar-refractivity contribution in [2.24, 2.45) is 5.92 Å². The molecule has 5 aromatic rings. The van der Waals surface area contributed by atoms with Crippen LogP contribution in [0.1, 0.15) is 63.4 Å². The smallest absolute Gasteiger partial charge is 0.407 e. The van der Waals surface area contributed by atoms with E-state index >= 15 is 0 Å². The topological polar surface area (TPSA) is 169 Å². The molecule has 53 heavy (non-hydrogen) atoms. The average Bonchev–Trinajstić information content (AvgIpc) is 4.00. The molecule has 2 saturated heterocycles. The monoisotopic (exact) mass is 722 g/mol. The molecular weight excluding hydrogens is 680 g/mol. The van der Waals surface area contributed by atoms with Gasteiger partial charge in [0.15, 0.2) is 11.2 Å². The van der Waals surface area contributed by atoms with E-state index in [0.717, 1.165) is 41.5 Å². The minimum absolute atomic E-state index is 0.130. The lowest BCUT2D eigenvalue weighted by atomic mass is 10.00. The first-order valence-corrected chi connectivity index (χ1v) is 17.8. The van der Waals surface area contributed by atoms with E-state index in [4.69, 9.17) is 23.5 Å². The molecule has 0 bridgehead atoms. The standard InChI is InChI=1S/C39H42N6O8/c1-22(2)34(43-39(49)51-4)37(47)45-18-6-8-30(45)36-42-28-20-26(14-16-32(28)53-36)24-11-9-23(10-12-24)25-13-15-31-27(19-25)41-35(52-31)29-7-5-17-44(29)33(46)21-40-38(48)50-3/h9-16,19-20,22,29-30,34H,5-8,17-18,21H2,1-4H3,(H,40,48)(H,43,49)/t29-,30+,34+/m0/s1. The second kappa shape index (κ2) is 15.0. The van der Waals surface area contributed by atoms with E-state index in [-0.39, 0.29) is 36.4 Å². The van der Waals surface area contributed by atoms with Gasteiger partial charge in [-0.05, 0) is 78.1 Å². The van der Waals surface area contributed by atoms with Gasteiger partial charge in [0.2, 0.25) is 23.6 Å². The molecule has 4 amide bonds. The Kier molecular flexibility index (Phi) is 10.0. The molecule has 2 aliphatic heterocycles. The third-order valence-corrected chi connectivity index (χ3v) is 10.00. The van der Waals surface area contributed by atoms with Crippen molar-refractivity contribution in [1.82, 2.24) is 30.4 Å². The number of amides is 4. The number of methoxy groups -OCH3 is 2. The molecule has 4 heterocycles. The molecule has 2 aliphatic rings. The maximum absolute atomic E-state index is 13.6. The highest BCUT2D eigenvalue weighted by Gasteiger charge is 2.38. The van der Waals surface area contributed by atoms with Crippen LogP contribution in [0.5, 0.6) is 0 Å². The number of alkyl carbamates (subject to hydrolysis) is 2. The predicted molar refractivity (Wildman–Crippen MR) is 194 cm³/mol. The lowest BCUT2D eigenvalue weighted by Crippen LogP contribution is -2.51. The van der Waals surface area contributed by atoms with Gasteiger partial charge in [-0.2, -0.15) is 0 Å². The van der Waals surface area contributed by atoms with Crippen molar-refractivity contribution < 1.29 is 37.5 Å². The maximum atomic E-state index is 13.6. The SMILES string of the molecule is COC(=O)NCC(=O)N1CCC[C@H]1c1nc2cc(-c3ccc(-c4ccc5oc([C@H]6CCCN6C(=O)[C@H](NC(=O)OC)C(C)C)nc5c4)cc3)ccc2o1. The number of hydrogen-bond acceptors (Lipinski definition) is 10. The lowest BCUT2D eigenvalue weighted by Gasteiger charge is -2.29. The Balaban J connectivity index is 1.06. The van der Waals surface area contributed by atoms with E-state index in [2.05, 4.69) is 39.6 Å². The number of aromatic nitrogens is 2. The number of nitrogens with one attached hydrogen (secondary N) is 2. The van der Waals surface area contributed by atoms with Crippen LogP contribution in [0.3, 0.4) is 0 Å². The maximum Gasteiger partial charge on any atom is 0.407 e. The van der Waals surface area contributed by atoms with Crippen molar-refractivity contribution in [3.63, 3.8) is 0 Å². The highest BCUT2D eigenvalue weighted by molar-refractivity contribution is 5.87. The summed E-state index contributed by atoms with van der Waals surface area (Å²) in [6.07, 6.45) is 1.75. The fraction of sp³-hybridized carbons (Fsp3) is 0.385. The summed E-state index contributed by atoms with van der Waals surface area (Å²) in [5, 5.41) is 5.13. The number of hydrogen-bond donors (Lipinski definition) is 2. The average molecular weight is 723 g/mol. The van der Waals surface area contributed by atoms with Crippen LogP contribution in [0.25, 0.3) is 44.5 Å². The number of oxazole rings is 2. The van der Waals surface area contributed by atoms with Crippen molar-refractivity contribution in [1.29, 1.82) is 0 Å². The summed E-state index contributed by atoms with van der Waals surface area (Å²) in [4.78, 5) is 62.8. The second-order valence-corrected chi connectivity index (χ2v) is 13.7. The van der Waals surface area contributed by atoms with Gasteiger partial charge in [0, 0.05) is 13.1 Å². The number of nitrogens with zero attached hydrogens (tertiary/aromatic N) is 4. The largest absolute Gasteiger partial charge is 0.453 e. The number of fused-ring (bicyclic) bond motifs is 2. The Bertz CT molecular complexity index is 2160. The van der Waals surface area contributed by atoms with Crippen LogP contribution in [-0.4, -0.2) is 83.7 Å². The van der Waals surface area contributed by atoms with Gasteiger partial charge in [0.25, 0.3) is 0 Å². The Hall–Kier alpha value is -5.92. The van der Waals surface area contributed by atoms with Crippen molar-refractivity contribution >= 4 is 46.2 Å². The summed E-state index contributed by atoms with van der Waals surface area (Å²) < 4.78 is 21.6. The fourth-order valence-electron chi connectivity index (χ4n) is 7.20. The van der Waals surface area contributed by atoms with Crippen LogP contribution in [0, 0.1) is 5.92 Å². The molecule has 14 heteroatoms. The first-order chi connectivity index (χ1) is 25.6. The number of ether oxygens (including phenoxy) is 2. The predicted octanol–water partition coefficient (Wildman–Crippen LogP) is 6.37. The molecule has 2 N–H and O–H groups in total. The Labute approximate surface area is 305 Å². The molecule has 3 aromatic carbocycles. The number of benzene rings is 3. The van der Waals surface area contributed by atoms with Gasteiger partial charge in [0.05, 0.1) is 14.2 Å². The molecule has 0 radical (unpaired) electrons. The van der Waals surface area contributed by atoms with E-state index in [1.165, 1.54) is 14.2 Å². The van der Waals surface area contributed by atoms with Crippen molar-refractivity contribution in [2.45, 2.75) is 57.7 Å². The van der Waals surface area contributed by atoms with Crippen LogP contribution in [0.2, 0.25) is 0 Å². The Morgan fingerprint density at radius 3 is 1.74 bits per heavy atom. The Morgan fingerprint density at radius 1 is 0.736 bits per heavy atom. The summed E-state index contributed by atoms with van der Waals surface area (Å²) in [6.45, 7) is 4.72. The van der Waals surface area contributed by atoms with Crippen molar-refractivity contribution in [2.75, 3.05) is 33.9 Å². The summed E-state index contributed by atoms with van der Waals surface area (Å²) in [7, 11) is 2.53. The number of rotatable bonds is 9. The van der Waals surface area contributed by atoms with E-state index in [1.807, 2.05) is 50.2 Å². The van der Waals surface area contributed by atoms with Gasteiger partial charge in [-0.1, -0.05) is 50.2 Å². The minimum Gasteiger partial charge on any atom is -0.453 e. The number of carbonyl (C=O) groups is 4. The molecule has 276 valence electrons. The van der Waals surface area contributed by atoms with Gasteiger partial charge in [-0.25, -0.2) is 19.6 Å². The van der Waals surface area contributed by atoms with Gasteiger partial charge < -0.3 is 38.7 Å². The highest BCUT2D eigenvalue weighted by atomic mass is 16.5. The zero-order valence-electron chi connectivity index (χ0n) is 30.1. The summed E-state index contributed by atoms with van der Waals surface area (Å²) in [5.41, 5.74) is 6.62. The molecule has 0 spiro atoms. The summed E-state index contributed by atoms with van der Waals surface area (Å²) in [6, 6.07) is 18.6. The van der Waals surface area contributed by atoms with Crippen LogP contribution in [-0.2, 0) is 19.1 Å². The van der Waals surface area contributed by atoms with Gasteiger partial charge in [0.1, 0.15) is 35.7 Å². The molecule has 7 rings (SSSR count). The molecule has 0 aliphatic carbocycles. The normalized spacial score (nSPS) is 17.8. The van der Waals surface area contributed by atoms with E-state index in [1.54, 1.807) is 9.80 Å². The molecule has 14 nitrogen and oxygen atoms in total. The first kappa shape index (κ1) is 35.5. The molecule has 0 unspecified atom stereocenters. The number of carbonyl (C=O) groups excluding carboxylic acids is 4. The van der Waals surface area contributed by atoms with Gasteiger partial charge >= 0.3 is 12.2 Å². The third kappa shape index (κ3) is 7.26. The van der Waals surface area contributed by atoms with Crippen LogP contribution in [0.15, 0.2) is 69.5 Å². The van der Waals surface area contributed by atoms with E-state index < -0.39 is 18.2 Å². The number of likely N-dealkylation sites (tertiary alicyclic amines) is 2. The van der Waals surface area contributed by atoms with Gasteiger partial charge in [-0.3, -0.25) is 9.59 Å². The molecule has 2 fully saturated rings. The molecule has 3 atom stereocenters. The van der Waals surface area contributed by atoms with Crippen LogP contribution < -0.4 is 10.6 Å². The zero-order valence-corrected chi connectivity index (χ0v) is 30.1. The van der Waals surface area contributed by atoms with E-state index in [0.29, 0.717) is 53.5 Å². The first-order valence-electron chi connectivity index (χ1n) is 17.8. The Morgan fingerprint density at radius 2 is 1.23 bits per heavy atom. The van der Waals surface area contributed by atoms with Crippen molar-refractivity contribution in [3.8, 4) is 22.3 Å². The molecule has 2 aromatic heterocycles. The lowest BCUT2D eigenvalue weighted by molar-refractivity contribution is -0.135. The zero-order chi connectivity index (χ0) is 37.2. The van der Waals surface area contributed by atoms with Gasteiger partial charge in [-0.15, -0.1) is 0 Å². The van der Waals surface area contributed by atoms with Crippen LogP contribution >= 0.6 is 0 Å². The molecule has 0 saturated carbocycles. The summed E-state index contributed by atoms with van der Waals surface area (Å²) in [5.74, 6) is 0.425. The van der Waals surface area contributed by atoms with Crippen molar-refractivity contribution in [3.05, 3.63) is 72.4 Å². The van der Waals surface area contributed by atoms with E-state index in [9.17, 15) is 19.2 Å². The summed E-state index contributed by atoms with van der Waals surface area (Å²) >= 11 is 0.